The van der Waals surface area contributed by atoms with Gasteiger partial charge >= 0.3 is 0 Å². The number of nitrogens with one attached hydrogen (secondary N) is 1. The minimum Gasteiger partial charge on any atom is -0.340 e. The predicted octanol–water partition coefficient (Wildman–Crippen LogP) is 2.89. The Morgan fingerprint density at radius 2 is 2.00 bits per heavy atom. The highest BCUT2D eigenvalue weighted by Crippen LogP contribution is 2.15. The molecule has 0 aromatic carbocycles. The zero-order valence-electron chi connectivity index (χ0n) is 14.6. The highest BCUT2D eigenvalue weighted by atomic mass is 35.5. The van der Waals surface area contributed by atoms with Gasteiger partial charge < -0.3 is 10.2 Å². The van der Waals surface area contributed by atoms with Gasteiger partial charge in [-0.3, -0.25) is 9.69 Å². The monoisotopic (exact) mass is 430 g/mol. The van der Waals surface area contributed by atoms with Crippen molar-refractivity contribution in [3.63, 3.8) is 0 Å². The van der Waals surface area contributed by atoms with Crippen LogP contribution < -0.4 is 5.32 Å². The van der Waals surface area contributed by atoms with Gasteiger partial charge in [0.25, 0.3) is 0 Å². The third-order valence-corrected chi connectivity index (χ3v) is 5.47. The molecule has 1 aromatic rings. The third-order valence-electron chi connectivity index (χ3n) is 4.65. The zero-order chi connectivity index (χ0) is 15.4. The first-order valence-corrected chi connectivity index (χ1v) is 9.23. The van der Waals surface area contributed by atoms with Crippen molar-refractivity contribution in [3.05, 3.63) is 16.1 Å². The highest BCUT2D eigenvalue weighted by molar-refractivity contribution is 7.09. The average Bonchev–Trinajstić information content (AvgIpc) is 3.17. The number of hydrogen-bond donors (Lipinski definition) is 1. The Labute approximate surface area is 173 Å². The van der Waals surface area contributed by atoms with Gasteiger partial charge in [0.15, 0.2) is 0 Å². The van der Waals surface area contributed by atoms with Gasteiger partial charge in [-0.25, -0.2) is 4.98 Å². The number of piperazine rings is 1. The van der Waals surface area contributed by atoms with Crippen molar-refractivity contribution < 1.29 is 4.79 Å². The van der Waals surface area contributed by atoms with Crippen LogP contribution in [0.5, 0.6) is 0 Å². The lowest BCUT2D eigenvalue weighted by Crippen LogP contribution is -2.48. The number of carbonyl (C=O) groups is 1. The lowest BCUT2D eigenvalue weighted by Gasteiger charge is -2.34. The third kappa shape index (κ3) is 7.57. The molecule has 1 N–H and O–H groups in total. The minimum absolute atomic E-state index is 0. The molecular weight excluding hydrogens is 403 g/mol. The van der Waals surface area contributed by atoms with Gasteiger partial charge in [-0.15, -0.1) is 48.6 Å². The van der Waals surface area contributed by atoms with E-state index in [1.165, 1.54) is 12.8 Å². The van der Waals surface area contributed by atoms with Gasteiger partial charge in [0.2, 0.25) is 5.91 Å². The fourth-order valence-electron chi connectivity index (χ4n) is 3.32. The summed E-state index contributed by atoms with van der Waals surface area (Å²) in [5, 5.41) is 6.74. The maximum absolute atomic E-state index is 12.3. The van der Waals surface area contributed by atoms with Crippen LogP contribution in [-0.4, -0.2) is 59.5 Å². The van der Waals surface area contributed by atoms with Gasteiger partial charge in [-0.1, -0.05) is 0 Å². The molecular formula is C16H29Cl3N4OS. The van der Waals surface area contributed by atoms with Crippen LogP contribution >= 0.6 is 48.6 Å². The van der Waals surface area contributed by atoms with Gasteiger partial charge in [0, 0.05) is 50.6 Å². The normalized spacial score (nSPS) is 20.4. The zero-order valence-corrected chi connectivity index (χ0v) is 17.9. The summed E-state index contributed by atoms with van der Waals surface area (Å²) in [6.45, 7) is 7.73. The molecule has 2 aliphatic rings. The van der Waals surface area contributed by atoms with Crippen molar-refractivity contribution in [1.82, 2.24) is 20.1 Å². The summed E-state index contributed by atoms with van der Waals surface area (Å²) >= 11 is 1.71. The van der Waals surface area contributed by atoms with Crippen molar-refractivity contribution in [3.8, 4) is 0 Å². The van der Waals surface area contributed by atoms with Crippen LogP contribution in [0.2, 0.25) is 0 Å². The smallest absolute Gasteiger partial charge is 0.222 e. The number of hydrogen-bond acceptors (Lipinski definition) is 5. The topological polar surface area (TPSA) is 48.5 Å². The van der Waals surface area contributed by atoms with E-state index in [0.717, 1.165) is 56.4 Å². The Balaban J connectivity index is 0.00000192. The number of thiazole rings is 1. The summed E-state index contributed by atoms with van der Waals surface area (Å²) in [7, 11) is 0. The summed E-state index contributed by atoms with van der Waals surface area (Å²) in [5.41, 5.74) is 1.16. The molecule has 3 heterocycles. The van der Waals surface area contributed by atoms with Crippen LogP contribution in [-0.2, 0) is 11.3 Å². The van der Waals surface area contributed by atoms with Gasteiger partial charge in [-0.05, 0) is 32.7 Å². The van der Waals surface area contributed by atoms with Crippen molar-refractivity contribution >= 4 is 54.5 Å². The molecule has 1 unspecified atom stereocenters. The summed E-state index contributed by atoms with van der Waals surface area (Å²) in [5.74, 6) is 0.331. The molecule has 0 bridgehead atoms. The van der Waals surface area contributed by atoms with Crippen LogP contribution in [0.25, 0.3) is 0 Å². The molecule has 0 radical (unpaired) electrons. The van der Waals surface area contributed by atoms with E-state index in [4.69, 9.17) is 0 Å². The van der Waals surface area contributed by atoms with Gasteiger partial charge in [-0.2, -0.15) is 0 Å². The van der Waals surface area contributed by atoms with E-state index in [1.807, 2.05) is 11.8 Å². The second-order valence-electron chi connectivity index (χ2n) is 6.35. The fourth-order valence-corrected chi connectivity index (χ4v) is 3.93. The average molecular weight is 432 g/mol. The van der Waals surface area contributed by atoms with Crippen LogP contribution in [0, 0.1) is 6.92 Å². The van der Waals surface area contributed by atoms with E-state index >= 15 is 0 Å². The minimum atomic E-state index is 0. The Kier molecular flexibility index (Phi) is 12.3. The summed E-state index contributed by atoms with van der Waals surface area (Å²) < 4.78 is 0. The molecule has 0 saturated carbocycles. The van der Waals surface area contributed by atoms with Crippen LogP contribution in [0.15, 0.2) is 5.38 Å². The molecule has 1 amide bonds. The van der Waals surface area contributed by atoms with E-state index < -0.39 is 0 Å². The van der Waals surface area contributed by atoms with Crippen molar-refractivity contribution in [2.45, 2.75) is 45.2 Å². The summed E-state index contributed by atoms with van der Waals surface area (Å²) in [6, 6.07) is 0.568. The summed E-state index contributed by atoms with van der Waals surface area (Å²) in [6.07, 6.45) is 4.18. The number of carbonyl (C=O) groups excluding carboxylic acids is 1. The highest BCUT2D eigenvalue weighted by Gasteiger charge is 2.23. The SMILES string of the molecule is Cc1nc(CN2CCN(C(=O)CCC3CCCN3)CC2)cs1.Cl.Cl.Cl. The Hall–Kier alpha value is -0.110. The number of amides is 1. The number of aromatic nitrogens is 1. The molecule has 2 saturated heterocycles. The molecule has 3 rings (SSSR count). The van der Waals surface area contributed by atoms with Crippen LogP contribution in [0.4, 0.5) is 0 Å². The van der Waals surface area contributed by atoms with E-state index in [0.29, 0.717) is 18.4 Å². The molecule has 1 atom stereocenters. The van der Waals surface area contributed by atoms with Crippen molar-refractivity contribution in [2.75, 3.05) is 32.7 Å². The second-order valence-corrected chi connectivity index (χ2v) is 7.41. The molecule has 146 valence electrons. The maximum atomic E-state index is 12.3. The first-order chi connectivity index (χ1) is 10.7. The van der Waals surface area contributed by atoms with Gasteiger partial charge in [0.05, 0.1) is 10.7 Å². The lowest BCUT2D eigenvalue weighted by molar-refractivity contribution is -0.133. The Morgan fingerprint density at radius 1 is 1.28 bits per heavy atom. The number of rotatable bonds is 5. The van der Waals surface area contributed by atoms with Crippen molar-refractivity contribution in [1.29, 1.82) is 0 Å². The van der Waals surface area contributed by atoms with E-state index in [1.54, 1.807) is 11.3 Å². The van der Waals surface area contributed by atoms with Gasteiger partial charge in [0.1, 0.15) is 0 Å². The van der Waals surface area contributed by atoms with Crippen molar-refractivity contribution in [2.24, 2.45) is 0 Å². The number of nitrogens with zero attached hydrogens (tertiary/aromatic N) is 3. The number of aryl methyl sites for hydroxylation is 1. The lowest BCUT2D eigenvalue weighted by atomic mass is 10.1. The first kappa shape index (κ1) is 24.9. The quantitative estimate of drug-likeness (QED) is 0.779. The molecule has 0 spiro atoms. The summed E-state index contributed by atoms with van der Waals surface area (Å²) in [4.78, 5) is 21.3. The van der Waals surface area contributed by atoms with Crippen LogP contribution in [0.1, 0.15) is 36.4 Å². The predicted molar refractivity (Wildman–Crippen MR) is 111 cm³/mol. The molecule has 1 aromatic heterocycles. The second kappa shape index (κ2) is 12.3. The van der Waals surface area contributed by atoms with E-state index in [-0.39, 0.29) is 37.2 Å². The Morgan fingerprint density at radius 3 is 2.56 bits per heavy atom. The van der Waals surface area contributed by atoms with E-state index in [2.05, 4.69) is 20.6 Å². The first-order valence-electron chi connectivity index (χ1n) is 8.35. The number of halogens is 3. The molecule has 0 aliphatic carbocycles. The molecule has 25 heavy (non-hydrogen) atoms. The molecule has 5 nitrogen and oxygen atoms in total. The maximum Gasteiger partial charge on any atom is 0.222 e. The van der Waals surface area contributed by atoms with Crippen LogP contribution in [0.3, 0.4) is 0 Å². The van der Waals surface area contributed by atoms with E-state index in [9.17, 15) is 4.79 Å². The molecule has 2 aliphatic heterocycles. The molecule has 2 fully saturated rings. The fraction of sp³-hybridized carbons (Fsp3) is 0.750. The molecule has 9 heteroatoms. The largest absolute Gasteiger partial charge is 0.340 e. The standard InChI is InChI=1S/C16H26N4OS.3ClH/c1-13-18-15(12-22-13)11-19-7-9-20(10-8-19)16(21)5-4-14-3-2-6-17-14;;;/h12,14,17H,2-11H2,1H3;3*1H. The Bertz CT molecular complexity index is 503.